The topological polar surface area (TPSA) is 116 Å². The Morgan fingerprint density at radius 2 is 1.56 bits per heavy atom. The molecule has 1 N–H and O–H groups in total. The fourth-order valence-corrected chi connectivity index (χ4v) is 6.83. The van der Waals surface area contributed by atoms with Crippen LogP contribution >= 0.6 is 0 Å². The first-order chi connectivity index (χ1) is 15.6. The molecular formula is C26H36O8. The van der Waals surface area contributed by atoms with Gasteiger partial charge in [0.25, 0.3) is 0 Å². The van der Waals surface area contributed by atoms with Gasteiger partial charge in [0, 0.05) is 68.3 Å². The molecule has 0 aliphatic heterocycles. The van der Waals surface area contributed by atoms with Gasteiger partial charge in [-0.25, -0.2) is 0 Å². The van der Waals surface area contributed by atoms with Crippen molar-refractivity contribution in [1.82, 2.24) is 0 Å². The second kappa shape index (κ2) is 8.95. The second-order valence-electron chi connectivity index (χ2n) is 10.8. The third kappa shape index (κ3) is 4.32. The summed E-state index contributed by atoms with van der Waals surface area (Å²) < 4.78 is 17.2. The molecule has 0 radical (unpaired) electrons. The van der Waals surface area contributed by atoms with E-state index in [4.69, 9.17) is 14.2 Å². The summed E-state index contributed by atoms with van der Waals surface area (Å²) in [7, 11) is 0. The average Bonchev–Trinajstić information content (AvgIpc) is 2.63. The van der Waals surface area contributed by atoms with Crippen molar-refractivity contribution in [2.45, 2.75) is 92.1 Å². The van der Waals surface area contributed by atoms with Crippen molar-refractivity contribution in [1.29, 1.82) is 0 Å². The number of carbonyl (C=O) groups excluding carboxylic acids is 4. The highest BCUT2D eigenvalue weighted by Crippen LogP contribution is 2.59. The first-order valence-electron chi connectivity index (χ1n) is 11.7. The van der Waals surface area contributed by atoms with Gasteiger partial charge in [-0.15, -0.1) is 0 Å². The van der Waals surface area contributed by atoms with E-state index in [1.807, 2.05) is 20.8 Å². The van der Waals surface area contributed by atoms with Gasteiger partial charge in [-0.1, -0.05) is 32.9 Å². The van der Waals surface area contributed by atoms with Crippen LogP contribution < -0.4 is 0 Å². The molecule has 8 heteroatoms. The van der Waals surface area contributed by atoms with Crippen LogP contribution in [-0.2, 0) is 33.4 Å². The van der Waals surface area contributed by atoms with Gasteiger partial charge in [0.05, 0.1) is 6.10 Å². The molecule has 0 aromatic rings. The van der Waals surface area contributed by atoms with E-state index in [1.165, 1.54) is 20.8 Å². The van der Waals surface area contributed by atoms with Crippen molar-refractivity contribution in [2.24, 2.45) is 22.7 Å². The Labute approximate surface area is 200 Å². The van der Waals surface area contributed by atoms with Crippen molar-refractivity contribution >= 4 is 23.7 Å². The van der Waals surface area contributed by atoms with E-state index >= 15 is 0 Å². The molecular weight excluding hydrogens is 440 g/mol. The molecule has 0 aromatic carbocycles. The molecule has 8 nitrogen and oxygen atoms in total. The van der Waals surface area contributed by atoms with E-state index in [0.29, 0.717) is 17.6 Å². The number of Topliss-reactive ketones (excluding diaryl/α,β-unsaturated/α-hetero) is 1. The van der Waals surface area contributed by atoms with Gasteiger partial charge in [-0.3, -0.25) is 19.2 Å². The zero-order valence-corrected chi connectivity index (χ0v) is 21.1. The number of ketones is 1. The smallest absolute Gasteiger partial charge is 0.303 e. The Balaban J connectivity index is 2.29. The van der Waals surface area contributed by atoms with E-state index in [2.05, 4.69) is 6.58 Å². The van der Waals surface area contributed by atoms with Crippen LogP contribution in [0.25, 0.3) is 0 Å². The molecule has 7 atom stereocenters. The van der Waals surface area contributed by atoms with Crippen LogP contribution in [0.2, 0.25) is 0 Å². The lowest BCUT2D eigenvalue weighted by Gasteiger charge is -2.58. The van der Waals surface area contributed by atoms with E-state index in [1.54, 1.807) is 6.92 Å². The van der Waals surface area contributed by atoms with Crippen LogP contribution in [0, 0.1) is 22.7 Å². The number of ether oxygens (including phenoxy) is 3. The SMILES string of the molecule is C=C1[C@@H](OC(C)=O)C[C@H](O)[C@@]2(C)CC(=O)C3=C(C)C[C@H](OC(C)=O)[C@@H]([C@@H](OC(C)=O)[C@H]12)C3(C)C. The largest absolute Gasteiger partial charge is 0.462 e. The summed E-state index contributed by atoms with van der Waals surface area (Å²) >= 11 is 0. The van der Waals surface area contributed by atoms with E-state index in [-0.39, 0.29) is 18.6 Å². The van der Waals surface area contributed by atoms with Gasteiger partial charge in [-0.05, 0) is 12.5 Å². The highest BCUT2D eigenvalue weighted by molar-refractivity contribution is 5.98. The van der Waals surface area contributed by atoms with Gasteiger partial charge < -0.3 is 19.3 Å². The van der Waals surface area contributed by atoms with Crippen LogP contribution in [-0.4, -0.2) is 53.2 Å². The standard InChI is InChI=1S/C26H36O8/c1-12-9-19(33-15(4)28)23-24(34-16(5)29)22-13(2)18(32-14(3)27)10-20(31)26(22,8)11-17(30)21(12)25(23,6)7/h18-20,22-24,31H,2,9-11H2,1,3-8H3/t18-,19-,20-,22-,23-,24-,26+/m0/s1. The van der Waals surface area contributed by atoms with E-state index < -0.39 is 65.0 Å². The lowest BCUT2D eigenvalue weighted by molar-refractivity contribution is -0.190. The van der Waals surface area contributed by atoms with Gasteiger partial charge in [0.2, 0.25) is 0 Å². The molecule has 0 aromatic heterocycles. The summed E-state index contributed by atoms with van der Waals surface area (Å²) in [5.74, 6) is -2.94. The Hall–Kier alpha value is -2.48. The van der Waals surface area contributed by atoms with Gasteiger partial charge in [0.15, 0.2) is 5.78 Å². The zero-order chi connectivity index (χ0) is 25.7. The molecule has 2 saturated carbocycles. The minimum absolute atomic E-state index is 0.0173. The molecule has 0 spiro atoms. The summed E-state index contributed by atoms with van der Waals surface area (Å²) in [5.41, 5.74) is 0.0824. The summed E-state index contributed by atoms with van der Waals surface area (Å²) in [6.07, 6.45) is -2.92. The maximum Gasteiger partial charge on any atom is 0.303 e. The molecule has 3 rings (SSSR count). The molecule has 0 heterocycles. The third-order valence-corrected chi connectivity index (χ3v) is 7.96. The Bertz CT molecular complexity index is 960. The number of carbonyl (C=O) groups is 4. The highest BCUT2D eigenvalue weighted by Gasteiger charge is 2.62. The van der Waals surface area contributed by atoms with Crippen molar-refractivity contribution in [3.05, 3.63) is 23.3 Å². The molecule has 0 unspecified atom stereocenters. The molecule has 0 amide bonds. The Morgan fingerprint density at radius 3 is 2.09 bits per heavy atom. The van der Waals surface area contributed by atoms with Crippen molar-refractivity contribution in [2.75, 3.05) is 0 Å². The maximum atomic E-state index is 13.7. The number of aliphatic hydroxyl groups is 1. The van der Waals surface area contributed by atoms with Crippen molar-refractivity contribution < 1.29 is 38.5 Å². The molecule has 3 aliphatic rings. The first kappa shape index (κ1) is 26.1. The minimum Gasteiger partial charge on any atom is -0.462 e. The van der Waals surface area contributed by atoms with E-state index in [0.717, 1.165) is 5.57 Å². The second-order valence-corrected chi connectivity index (χ2v) is 10.8. The first-order valence-corrected chi connectivity index (χ1v) is 11.7. The number of hydrogen-bond acceptors (Lipinski definition) is 8. The molecule has 2 fully saturated rings. The summed E-state index contributed by atoms with van der Waals surface area (Å²) in [5, 5.41) is 11.3. The lowest BCUT2D eigenvalue weighted by Crippen LogP contribution is -2.62. The van der Waals surface area contributed by atoms with Crippen LogP contribution in [0.4, 0.5) is 0 Å². The van der Waals surface area contributed by atoms with Crippen LogP contribution in [0.1, 0.15) is 67.7 Å². The Kier molecular flexibility index (Phi) is 6.88. The number of allylic oxidation sites excluding steroid dienone is 1. The van der Waals surface area contributed by atoms with Crippen molar-refractivity contribution in [3.63, 3.8) is 0 Å². The number of hydrogen-bond donors (Lipinski definition) is 1. The van der Waals surface area contributed by atoms with Crippen molar-refractivity contribution in [3.8, 4) is 0 Å². The third-order valence-electron chi connectivity index (χ3n) is 7.96. The number of esters is 3. The van der Waals surface area contributed by atoms with Gasteiger partial charge in [0.1, 0.15) is 18.3 Å². The number of fused-ring (bicyclic) bond motifs is 3. The fourth-order valence-electron chi connectivity index (χ4n) is 6.83. The predicted molar refractivity (Wildman–Crippen MR) is 122 cm³/mol. The maximum absolute atomic E-state index is 13.7. The summed E-state index contributed by atoms with van der Waals surface area (Å²) in [6.45, 7) is 15.5. The average molecular weight is 477 g/mol. The van der Waals surface area contributed by atoms with E-state index in [9.17, 15) is 24.3 Å². The van der Waals surface area contributed by atoms with Crippen LogP contribution in [0.3, 0.4) is 0 Å². The summed E-state index contributed by atoms with van der Waals surface area (Å²) in [6, 6.07) is 0. The molecule has 3 aliphatic carbocycles. The minimum atomic E-state index is -1.04. The highest BCUT2D eigenvalue weighted by atomic mass is 16.6. The number of rotatable bonds is 3. The monoisotopic (exact) mass is 476 g/mol. The zero-order valence-electron chi connectivity index (χ0n) is 21.1. The lowest BCUT2D eigenvalue weighted by atomic mass is 9.49. The van der Waals surface area contributed by atoms with Gasteiger partial charge >= 0.3 is 17.9 Å². The molecule has 34 heavy (non-hydrogen) atoms. The summed E-state index contributed by atoms with van der Waals surface area (Å²) in [4.78, 5) is 49.9. The quantitative estimate of drug-likeness (QED) is 0.375. The van der Waals surface area contributed by atoms with Crippen LogP contribution in [0.15, 0.2) is 23.3 Å². The Morgan fingerprint density at radius 1 is 1.00 bits per heavy atom. The van der Waals surface area contributed by atoms with Gasteiger partial charge in [-0.2, -0.15) is 0 Å². The normalized spacial score (nSPS) is 37.2. The molecule has 2 bridgehead atoms. The van der Waals surface area contributed by atoms with Crippen LogP contribution in [0.5, 0.6) is 0 Å². The number of aliphatic hydroxyl groups excluding tert-OH is 1. The fraction of sp³-hybridized carbons (Fsp3) is 0.692. The molecule has 188 valence electrons. The predicted octanol–water partition coefficient (Wildman–Crippen LogP) is 3.06. The molecule has 0 saturated heterocycles.